The van der Waals surface area contributed by atoms with Gasteiger partial charge in [0.1, 0.15) is 11.5 Å². The molecule has 3 aromatic heterocycles. The van der Waals surface area contributed by atoms with E-state index in [0.717, 1.165) is 37.9 Å². The smallest absolute Gasteiger partial charge is 0.320 e. The molecule has 0 radical (unpaired) electrons. The molecule has 7 rings (SSSR count). The molecule has 4 aromatic rings. The van der Waals surface area contributed by atoms with Gasteiger partial charge in [-0.3, -0.25) is 19.3 Å². The lowest BCUT2D eigenvalue weighted by atomic mass is 9.98. The Hall–Kier alpha value is -4.51. The fourth-order valence-corrected chi connectivity index (χ4v) is 6.02. The highest BCUT2D eigenvalue weighted by Crippen LogP contribution is 2.38. The Kier molecular flexibility index (Phi) is 5.95. The standard InChI is InChI=1S/C28H25FN6O3.H2O/c29-18-12-17-15-34(28(38)32-7-3-1-4-8-32)11-10-33-16-20(19(13-18)25(17)33)23-24(27(37)31-26(23)36)21-14-30-22-6-2-5-9-35(21)22;/h2,5-6,9,12-14,16H,1,3-4,7-8,10-11,15H2,(H,31,36,37);1H2. The number of nitrogens with zero attached hydrogens (tertiary/aromatic N) is 5. The molecule has 3 aliphatic heterocycles. The third-order valence-electron chi connectivity index (χ3n) is 7.76. The number of nitrogens with one attached hydrogen (secondary N) is 1. The summed E-state index contributed by atoms with van der Waals surface area (Å²) in [6.45, 7) is 2.71. The summed E-state index contributed by atoms with van der Waals surface area (Å²) < 4.78 is 18.8. The molecule has 11 heteroatoms. The van der Waals surface area contributed by atoms with E-state index in [1.807, 2.05) is 27.7 Å². The Morgan fingerprint density at radius 2 is 1.74 bits per heavy atom. The van der Waals surface area contributed by atoms with Crippen molar-refractivity contribution < 1.29 is 24.3 Å². The number of fused-ring (bicyclic) bond motifs is 1. The van der Waals surface area contributed by atoms with Gasteiger partial charge in [-0.1, -0.05) is 6.07 Å². The van der Waals surface area contributed by atoms with Crippen LogP contribution in [0.4, 0.5) is 9.18 Å². The Bertz CT molecular complexity index is 1700. The summed E-state index contributed by atoms with van der Waals surface area (Å²) in [4.78, 5) is 47.5. The largest absolute Gasteiger partial charge is 0.412 e. The predicted octanol–water partition coefficient (Wildman–Crippen LogP) is 2.59. The molecule has 3 aliphatic rings. The van der Waals surface area contributed by atoms with E-state index in [4.69, 9.17) is 0 Å². The number of hydrogen-bond acceptors (Lipinski definition) is 4. The van der Waals surface area contributed by atoms with Crippen molar-refractivity contribution in [2.45, 2.75) is 32.4 Å². The maximum Gasteiger partial charge on any atom is 0.320 e. The van der Waals surface area contributed by atoms with Crippen LogP contribution in [0.5, 0.6) is 0 Å². The minimum Gasteiger partial charge on any atom is -0.412 e. The number of aromatic nitrogens is 3. The molecule has 3 N–H and O–H groups in total. The molecule has 200 valence electrons. The number of rotatable bonds is 2. The van der Waals surface area contributed by atoms with Gasteiger partial charge in [-0.2, -0.15) is 0 Å². The average Bonchev–Trinajstić information content (AvgIpc) is 3.54. The minimum atomic E-state index is -0.528. The quantitative estimate of drug-likeness (QED) is 0.400. The summed E-state index contributed by atoms with van der Waals surface area (Å²) in [6, 6.07) is 8.33. The van der Waals surface area contributed by atoms with Crippen LogP contribution in [0.3, 0.4) is 0 Å². The second-order valence-electron chi connectivity index (χ2n) is 10.1. The van der Waals surface area contributed by atoms with Gasteiger partial charge in [0.25, 0.3) is 11.8 Å². The summed E-state index contributed by atoms with van der Waals surface area (Å²) in [5.41, 5.74) is 3.47. The van der Waals surface area contributed by atoms with Crippen molar-refractivity contribution in [3.8, 4) is 0 Å². The first kappa shape index (κ1) is 24.8. The normalized spacial score (nSPS) is 17.6. The number of benzene rings is 1. The van der Waals surface area contributed by atoms with Gasteiger partial charge in [-0.05, 0) is 49.1 Å². The second-order valence-corrected chi connectivity index (χ2v) is 10.1. The van der Waals surface area contributed by atoms with Crippen LogP contribution < -0.4 is 5.32 Å². The van der Waals surface area contributed by atoms with Crippen molar-refractivity contribution in [1.29, 1.82) is 0 Å². The molecule has 1 saturated heterocycles. The monoisotopic (exact) mass is 530 g/mol. The van der Waals surface area contributed by atoms with Crippen molar-refractivity contribution in [2.24, 2.45) is 0 Å². The Balaban J connectivity index is 0.00000277. The molecular formula is C28H27FN6O4. The van der Waals surface area contributed by atoms with Crippen molar-refractivity contribution in [1.82, 2.24) is 29.1 Å². The zero-order chi connectivity index (χ0) is 26.0. The summed E-state index contributed by atoms with van der Waals surface area (Å²) in [5.74, 6) is -1.50. The summed E-state index contributed by atoms with van der Waals surface area (Å²) in [5, 5.41) is 2.96. The summed E-state index contributed by atoms with van der Waals surface area (Å²) in [6.07, 6.45) is 8.29. The lowest BCUT2D eigenvalue weighted by Gasteiger charge is -2.32. The van der Waals surface area contributed by atoms with Crippen LogP contribution in [0.15, 0.2) is 48.9 Å². The lowest BCUT2D eigenvalue weighted by molar-refractivity contribution is -0.122. The molecule has 0 bridgehead atoms. The van der Waals surface area contributed by atoms with E-state index in [0.29, 0.717) is 40.9 Å². The van der Waals surface area contributed by atoms with E-state index in [1.54, 1.807) is 27.9 Å². The number of amides is 4. The zero-order valence-corrected chi connectivity index (χ0v) is 21.1. The van der Waals surface area contributed by atoms with Crippen LogP contribution in [0, 0.1) is 5.82 Å². The van der Waals surface area contributed by atoms with E-state index in [1.165, 1.54) is 12.1 Å². The van der Waals surface area contributed by atoms with E-state index < -0.39 is 17.6 Å². The Labute approximate surface area is 222 Å². The molecule has 1 aromatic carbocycles. The zero-order valence-electron chi connectivity index (χ0n) is 21.1. The van der Waals surface area contributed by atoms with Crippen LogP contribution in [-0.4, -0.2) is 66.7 Å². The van der Waals surface area contributed by atoms with Crippen molar-refractivity contribution in [2.75, 3.05) is 19.6 Å². The second kappa shape index (κ2) is 9.35. The molecule has 39 heavy (non-hydrogen) atoms. The Morgan fingerprint density at radius 3 is 2.56 bits per heavy atom. The van der Waals surface area contributed by atoms with Crippen LogP contribution in [0.2, 0.25) is 0 Å². The topological polar surface area (TPSA) is 123 Å². The van der Waals surface area contributed by atoms with Gasteiger partial charge in [-0.15, -0.1) is 0 Å². The van der Waals surface area contributed by atoms with E-state index in [9.17, 15) is 14.4 Å². The van der Waals surface area contributed by atoms with Gasteiger partial charge >= 0.3 is 6.03 Å². The number of piperidine rings is 1. The van der Waals surface area contributed by atoms with Gasteiger partial charge in [-0.25, -0.2) is 14.2 Å². The summed E-state index contributed by atoms with van der Waals surface area (Å²) in [7, 11) is 0. The maximum atomic E-state index is 15.0. The van der Waals surface area contributed by atoms with Gasteiger partial charge in [0.2, 0.25) is 0 Å². The van der Waals surface area contributed by atoms with Crippen LogP contribution >= 0.6 is 0 Å². The van der Waals surface area contributed by atoms with Crippen molar-refractivity contribution >= 4 is 45.5 Å². The first-order valence-corrected chi connectivity index (χ1v) is 12.9. The molecule has 6 heterocycles. The first-order valence-electron chi connectivity index (χ1n) is 12.9. The molecule has 4 amide bonds. The number of carbonyl (C=O) groups excluding carboxylic acids is 3. The number of imide groups is 1. The van der Waals surface area contributed by atoms with E-state index >= 15 is 4.39 Å². The Morgan fingerprint density at radius 1 is 0.949 bits per heavy atom. The fourth-order valence-electron chi connectivity index (χ4n) is 6.02. The van der Waals surface area contributed by atoms with Gasteiger partial charge in [0.15, 0.2) is 0 Å². The van der Waals surface area contributed by atoms with Gasteiger partial charge in [0, 0.05) is 56.1 Å². The van der Waals surface area contributed by atoms with Crippen LogP contribution in [0.25, 0.3) is 27.7 Å². The third-order valence-corrected chi connectivity index (χ3v) is 7.76. The first-order chi connectivity index (χ1) is 18.5. The number of carbonyl (C=O) groups is 3. The molecule has 10 nitrogen and oxygen atoms in total. The van der Waals surface area contributed by atoms with Gasteiger partial charge < -0.3 is 19.8 Å². The van der Waals surface area contributed by atoms with Gasteiger partial charge in [0.05, 0.1) is 28.6 Å². The molecule has 0 spiro atoms. The van der Waals surface area contributed by atoms with E-state index in [-0.39, 0.29) is 29.2 Å². The molecule has 0 atom stereocenters. The van der Waals surface area contributed by atoms with Crippen LogP contribution in [-0.2, 0) is 22.7 Å². The third kappa shape index (κ3) is 3.88. The molecule has 0 unspecified atom stereocenters. The minimum absolute atomic E-state index is 0. The highest BCUT2D eigenvalue weighted by atomic mass is 19.1. The molecule has 1 fully saturated rings. The molecule has 0 aliphatic carbocycles. The molecule has 0 saturated carbocycles. The van der Waals surface area contributed by atoms with Crippen molar-refractivity contribution in [3.05, 3.63) is 71.6 Å². The summed E-state index contributed by atoms with van der Waals surface area (Å²) >= 11 is 0. The van der Waals surface area contributed by atoms with E-state index in [2.05, 4.69) is 10.3 Å². The number of urea groups is 1. The predicted molar refractivity (Wildman–Crippen MR) is 142 cm³/mol. The number of hydrogen-bond donors (Lipinski definition) is 1. The molecular weight excluding hydrogens is 503 g/mol. The fraction of sp³-hybridized carbons (Fsp3) is 0.286. The lowest BCUT2D eigenvalue weighted by Crippen LogP contribution is -2.45. The number of imidazole rings is 1. The highest BCUT2D eigenvalue weighted by Gasteiger charge is 2.36. The highest BCUT2D eigenvalue weighted by molar-refractivity contribution is 6.49. The number of likely N-dealkylation sites (tertiary alicyclic amines) is 1. The SMILES string of the molecule is O.O=C1NC(=O)C(c2cnc3ccccn23)=C1c1cn2c3c(cc(F)cc13)CN(C(=O)N1CCCCC1)CC2. The number of halogens is 1. The average molecular weight is 531 g/mol. The number of pyridine rings is 1. The van der Waals surface area contributed by atoms with Crippen LogP contribution in [0.1, 0.15) is 36.1 Å². The maximum absolute atomic E-state index is 15.0. The van der Waals surface area contributed by atoms with Crippen molar-refractivity contribution in [3.63, 3.8) is 0 Å².